The van der Waals surface area contributed by atoms with Crippen molar-refractivity contribution in [1.29, 1.82) is 0 Å². The fraction of sp³-hybridized carbons (Fsp3) is 0.923. The molecule has 0 radical (unpaired) electrons. The highest BCUT2D eigenvalue weighted by atomic mass is 16.6. The summed E-state index contributed by atoms with van der Waals surface area (Å²) in [5.41, 5.74) is 5.35. The molecule has 18 heavy (non-hydrogen) atoms. The third-order valence-corrected chi connectivity index (χ3v) is 3.28. The molecule has 2 atom stereocenters. The zero-order valence-corrected chi connectivity index (χ0v) is 12.0. The molecule has 5 heteroatoms. The van der Waals surface area contributed by atoms with Gasteiger partial charge in [-0.2, -0.15) is 0 Å². The number of nitrogens with one attached hydrogen (secondary N) is 1. The molecule has 0 aromatic carbocycles. The van der Waals surface area contributed by atoms with Crippen LogP contribution in [0.2, 0.25) is 0 Å². The first-order chi connectivity index (χ1) is 8.31. The first kappa shape index (κ1) is 15.2. The van der Waals surface area contributed by atoms with Crippen LogP contribution in [0.4, 0.5) is 4.79 Å². The summed E-state index contributed by atoms with van der Waals surface area (Å²) in [6, 6.07) is 0.120. The van der Waals surface area contributed by atoms with Crippen LogP contribution in [0.25, 0.3) is 0 Å². The van der Waals surface area contributed by atoms with E-state index in [4.69, 9.17) is 10.5 Å². The number of nitrogens with zero attached hydrogens (tertiary/aromatic N) is 1. The number of likely N-dealkylation sites (tertiary alicyclic amines) is 1. The van der Waals surface area contributed by atoms with Gasteiger partial charge in [-0.25, -0.2) is 4.79 Å². The van der Waals surface area contributed by atoms with Crippen LogP contribution in [0.5, 0.6) is 0 Å². The van der Waals surface area contributed by atoms with Crippen LogP contribution in [0.15, 0.2) is 0 Å². The molecular formula is C13H27N3O2. The van der Waals surface area contributed by atoms with Crippen molar-refractivity contribution in [3.63, 3.8) is 0 Å². The minimum atomic E-state index is -0.455. The van der Waals surface area contributed by atoms with Gasteiger partial charge in [-0.05, 0) is 66.2 Å². The minimum absolute atomic E-state index is 0.120. The average Bonchev–Trinajstić information content (AvgIpc) is 2.39. The van der Waals surface area contributed by atoms with Crippen LogP contribution in [-0.2, 0) is 4.74 Å². The Balaban J connectivity index is 2.54. The number of hydrogen-bond donors (Lipinski definition) is 2. The van der Waals surface area contributed by atoms with Crippen molar-refractivity contribution in [3.05, 3.63) is 0 Å². The van der Waals surface area contributed by atoms with Gasteiger partial charge in [-0.3, -0.25) is 0 Å². The molecule has 1 aliphatic rings. The predicted octanol–water partition coefficient (Wildman–Crippen LogP) is 1.18. The smallest absolute Gasteiger partial charge is 0.407 e. The highest BCUT2D eigenvalue weighted by molar-refractivity contribution is 5.68. The summed E-state index contributed by atoms with van der Waals surface area (Å²) < 4.78 is 5.30. The molecular weight excluding hydrogens is 230 g/mol. The third kappa shape index (κ3) is 5.23. The number of hydrogen-bond acceptors (Lipinski definition) is 4. The zero-order valence-electron chi connectivity index (χ0n) is 12.0. The van der Waals surface area contributed by atoms with Gasteiger partial charge >= 0.3 is 6.09 Å². The van der Waals surface area contributed by atoms with E-state index in [9.17, 15) is 4.79 Å². The molecule has 1 aliphatic heterocycles. The first-order valence-electron chi connectivity index (χ1n) is 6.70. The quantitative estimate of drug-likeness (QED) is 0.779. The number of carbonyl (C=O) groups is 1. The average molecular weight is 257 g/mol. The van der Waals surface area contributed by atoms with Gasteiger partial charge in [-0.1, -0.05) is 0 Å². The van der Waals surface area contributed by atoms with Gasteiger partial charge in [0.1, 0.15) is 5.60 Å². The van der Waals surface area contributed by atoms with E-state index in [0.717, 1.165) is 25.9 Å². The molecule has 0 unspecified atom stereocenters. The lowest BCUT2D eigenvalue weighted by Gasteiger charge is -2.27. The summed E-state index contributed by atoms with van der Waals surface area (Å²) in [7, 11) is 2.10. The molecule has 1 heterocycles. The Hall–Kier alpha value is -0.810. The maximum absolute atomic E-state index is 11.8. The first-order valence-corrected chi connectivity index (χ1v) is 6.70. The van der Waals surface area contributed by atoms with Crippen molar-refractivity contribution in [1.82, 2.24) is 10.2 Å². The minimum Gasteiger partial charge on any atom is -0.444 e. The highest BCUT2D eigenvalue weighted by Crippen LogP contribution is 2.17. The number of rotatable bonds is 2. The number of carbonyl (C=O) groups excluding carboxylic acids is 1. The van der Waals surface area contributed by atoms with E-state index in [1.807, 2.05) is 20.8 Å². The van der Waals surface area contributed by atoms with E-state index in [1.54, 1.807) is 0 Å². The third-order valence-electron chi connectivity index (χ3n) is 3.28. The van der Waals surface area contributed by atoms with Crippen molar-refractivity contribution < 1.29 is 9.53 Å². The van der Waals surface area contributed by atoms with Gasteiger partial charge in [0.2, 0.25) is 0 Å². The summed E-state index contributed by atoms with van der Waals surface area (Å²) in [5, 5.41) is 2.97. The number of alkyl carbamates (subject to hydrolysis) is 1. The monoisotopic (exact) mass is 257 g/mol. The number of ether oxygens (including phenoxy) is 1. The van der Waals surface area contributed by atoms with Crippen LogP contribution in [0.1, 0.15) is 33.6 Å². The van der Waals surface area contributed by atoms with E-state index in [-0.39, 0.29) is 12.1 Å². The Morgan fingerprint density at radius 3 is 2.56 bits per heavy atom. The number of amides is 1. The van der Waals surface area contributed by atoms with E-state index >= 15 is 0 Å². The van der Waals surface area contributed by atoms with Crippen LogP contribution in [0.3, 0.4) is 0 Å². The van der Waals surface area contributed by atoms with Gasteiger partial charge in [-0.15, -0.1) is 0 Å². The molecule has 1 saturated heterocycles. The Labute approximate surface area is 110 Å². The van der Waals surface area contributed by atoms with Crippen LogP contribution < -0.4 is 11.1 Å². The van der Waals surface area contributed by atoms with Crippen molar-refractivity contribution >= 4 is 6.09 Å². The van der Waals surface area contributed by atoms with Gasteiger partial charge in [0.05, 0.1) is 0 Å². The molecule has 3 N–H and O–H groups in total. The van der Waals surface area contributed by atoms with E-state index in [0.29, 0.717) is 12.5 Å². The SMILES string of the molecule is CN1CC[C@@H](CN)[C@H](NC(=O)OC(C)(C)C)CC1. The highest BCUT2D eigenvalue weighted by Gasteiger charge is 2.27. The van der Waals surface area contributed by atoms with Gasteiger partial charge < -0.3 is 20.7 Å². The van der Waals surface area contributed by atoms with Crippen LogP contribution in [0, 0.1) is 5.92 Å². The molecule has 0 bridgehead atoms. The Morgan fingerprint density at radius 2 is 2.00 bits per heavy atom. The largest absolute Gasteiger partial charge is 0.444 e. The molecule has 106 valence electrons. The molecule has 1 rings (SSSR count). The lowest BCUT2D eigenvalue weighted by molar-refractivity contribution is 0.0485. The summed E-state index contributed by atoms with van der Waals surface area (Å²) in [4.78, 5) is 14.1. The molecule has 5 nitrogen and oxygen atoms in total. The Bertz CT molecular complexity index is 276. The zero-order chi connectivity index (χ0) is 13.8. The van der Waals surface area contributed by atoms with Crippen LogP contribution >= 0.6 is 0 Å². The van der Waals surface area contributed by atoms with Gasteiger partial charge in [0, 0.05) is 6.04 Å². The van der Waals surface area contributed by atoms with Crippen molar-refractivity contribution in [3.8, 4) is 0 Å². The van der Waals surface area contributed by atoms with E-state index in [1.165, 1.54) is 0 Å². The molecule has 1 fully saturated rings. The second-order valence-corrected chi connectivity index (χ2v) is 6.13. The fourth-order valence-electron chi connectivity index (χ4n) is 2.23. The van der Waals surface area contributed by atoms with Crippen molar-refractivity contribution in [2.45, 2.75) is 45.3 Å². The fourth-order valence-corrected chi connectivity index (χ4v) is 2.23. The van der Waals surface area contributed by atoms with Gasteiger partial charge in [0.15, 0.2) is 0 Å². The molecule has 0 aromatic heterocycles. The van der Waals surface area contributed by atoms with Crippen molar-refractivity contribution in [2.75, 3.05) is 26.7 Å². The molecule has 0 spiro atoms. The maximum Gasteiger partial charge on any atom is 0.407 e. The summed E-state index contributed by atoms with van der Waals surface area (Å²) >= 11 is 0. The lowest BCUT2D eigenvalue weighted by atomic mass is 9.95. The summed E-state index contributed by atoms with van der Waals surface area (Å²) in [6.07, 6.45) is 1.61. The number of nitrogens with two attached hydrogens (primary N) is 1. The summed E-state index contributed by atoms with van der Waals surface area (Å²) in [6.45, 7) is 8.23. The second kappa shape index (κ2) is 6.38. The normalized spacial score (nSPS) is 26.5. The molecule has 0 aliphatic carbocycles. The summed E-state index contributed by atoms with van der Waals surface area (Å²) in [5.74, 6) is 0.336. The second-order valence-electron chi connectivity index (χ2n) is 6.13. The standard InChI is InChI=1S/C13H27N3O2/c1-13(2,3)18-12(17)15-11-6-8-16(4)7-5-10(11)9-14/h10-11H,5-9,14H2,1-4H3,(H,15,17)/t10-,11+/m0/s1. The molecule has 0 aromatic rings. The molecule has 0 saturated carbocycles. The Kier molecular flexibility index (Phi) is 5.41. The van der Waals surface area contributed by atoms with E-state index in [2.05, 4.69) is 17.3 Å². The maximum atomic E-state index is 11.8. The Morgan fingerprint density at radius 1 is 1.39 bits per heavy atom. The lowest BCUT2D eigenvalue weighted by Crippen LogP contribution is -2.45. The van der Waals surface area contributed by atoms with Gasteiger partial charge in [0.25, 0.3) is 0 Å². The van der Waals surface area contributed by atoms with E-state index < -0.39 is 5.60 Å². The predicted molar refractivity (Wildman–Crippen MR) is 72.4 cm³/mol. The topological polar surface area (TPSA) is 67.6 Å². The van der Waals surface area contributed by atoms with Crippen molar-refractivity contribution in [2.24, 2.45) is 11.7 Å². The molecule has 1 amide bonds. The van der Waals surface area contributed by atoms with Crippen LogP contribution in [-0.4, -0.2) is 49.3 Å².